The Labute approximate surface area is 185 Å². The van der Waals surface area contributed by atoms with Crippen LogP contribution in [-0.4, -0.2) is 63.2 Å². The number of halogens is 3. The van der Waals surface area contributed by atoms with Crippen LogP contribution in [0.3, 0.4) is 0 Å². The average molecular weight is 460 g/mol. The number of fused-ring (bicyclic) bond motifs is 5. The van der Waals surface area contributed by atoms with Crippen molar-refractivity contribution in [3.63, 3.8) is 0 Å². The summed E-state index contributed by atoms with van der Waals surface area (Å²) in [7, 11) is 0. The number of alkyl halides is 3. The van der Waals surface area contributed by atoms with Crippen molar-refractivity contribution in [1.82, 2.24) is 25.3 Å². The van der Waals surface area contributed by atoms with Gasteiger partial charge in [0.1, 0.15) is 11.7 Å². The zero-order valence-corrected chi connectivity index (χ0v) is 17.3. The number of aromatic nitrogens is 4. The quantitative estimate of drug-likeness (QED) is 0.553. The van der Waals surface area contributed by atoms with Gasteiger partial charge in [-0.25, -0.2) is 19.7 Å². The summed E-state index contributed by atoms with van der Waals surface area (Å²) in [6.45, 7) is 2.12. The number of nitrogens with one attached hydrogen (secondary N) is 3. The molecular formula is C20H19F3N8O2. The standard InChI is InChI=1S/C20H19F3N8O2/c1-10(20(21,22)23)26-17(32)13-2-3-15-16(27-13)31(11-5-7-30(15)9-11)19(33)29-18-25-8-14-12(28-18)4-6-24-14/h2-4,6,8,10-11,24H,5,7,9H2,1H3,(H,26,32)(H,25,28,29,33)/t10-,11+/m1/s1. The number of amides is 3. The van der Waals surface area contributed by atoms with Crippen LogP contribution < -0.4 is 20.4 Å². The average Bonchev–Trinajstić information content (AvgIpc) is 3.40. The third-order valence-electron chi connectivity index (χ3n) is 5.76. The predicted molar refractivity (Wildman–Crippen MR) is 113 cm³/mol. The lowest BCUT2D eigenvalue weighted by molar-refractivity contribution is -0.149. The van der Waals surface area contributed by atoms with Crippen molar-refractivity contribution in [3.05, 3.63) is 36.3 Å². The zero-order valence-electron chi connectivity index (χ0n) is 17.3. The van der Waals surface area contributed by atoms with Crippen LogP contribution in [0, 0.1) is 0 Å². The molecule has 0 radical (unpaired) electrons. The zero-order chi connectivity index (χ0) is 23.3. The van der Waals surface area contributed by atoms with Crippen LogP contribution >= 0.6 is 0 Å². The number of hydrogen-bond acceptors (Lipinski definition) is 6. The smallest absolute Gasteiger partial charge is 0.366 e. The first kappa shape index (κ1) is 21.0. The number of aromatic amines is 1. The molecule has 2 atom stereocenters. The third kappa shape index (κ3) is 3.79. The highest BCUT2D eigenvalue weighted by molar-refractivity contribution is 6.04. The van der Waals surface area contributed by atoms with Gasteiger partial charge in [-0.2, -0.15) is 13.2 Å². The van der Waals surface area contributed by atoms with Gasteiger partial charge in [-0.15, -0.1) is 0 Å². The third-order valence-corrected chi connectivity index (χ3v) is 5.76. The van der Waals surface area contributed by atoms with Crippen molar-refractivity contribution >= 4 is 40.4 Å². The Balaban J connectivity index is 1.43. The predicted octanol–water partition coefficient (Wildman–Crippen LogP) is 2.66. The van der Waals surface area contributed by atoms with Gasteiger partial charge in [0.25, 0.3) is 5.91 Å². The van der Waals surface area contributed by atoms with Gasteiger partial charge in [-0.1, -0.05) is 0 Å². The second kappa shape index (κ2) is 7.60. The lowest BCUT2D eigenvalue weighted by atomic mass is 10.1. The molecule has 0 unspecified atom stereocenters. The SMILES string of the molecule is C[C@@H](NC(=O)c1ccc2c(n1)N(C(=O)Nc1ncc3[nH]ccc3n1)[C@H]1CCN2C1)C(F)(F)F. The molecule has 0 aromatic carbocycles. The van der Waals surface area contributed by atoms with Gasteiger partial charge in [0.2, 0.25) is 5.95 Å². The molecule has 2 aliphatic rings. The van der Waals surface area contributed by atoms with E-state index < -0.39 is 24.2 Å². The summed E-state index contributed by atoms with van der Waals surface area (Å²) in [5.74, 6) is -0.671. The Morgan fingerprint density at radius 1 is 1.24 bits per heavy atom. The maximum Gasteiger partial charge on any atom is 0.408 e. The van der Waals surface area contributed by atoms with E-state index in [-0.39, 0.29) is 23.5 Å². The fourth-order valence-electron chi connectivity index (χ4n) is 4.01. The number of H-pyrrole nitrogens is 1. The first-order valence-electron chi connectivity index (χ1n) is 10.2. The molecule has 2 bridgehead atoms. The van der Waals surface area contributed by atoms with Gasteiger partial charge >= 0.3 is 12.2 Å². The van der Waals surface area contributed by atoms with Crippen molar-refractivity contribution < 1.29 is 22.8 Å². The van der Waals surface area contributed by atoms with Crippen molar-refractivity contribution in [2.45, 2.75) is 31.6 Å². The lowest BCUT2D eigenvalue weighted by Crippen LogP contribution is -2.49. The van der Waals surface area contributed by atoms with E-state index in [2.05, 4.69) is 25.3 Å². The lowest BCUT2D eigenvalue weighted by Gasteiger charge is -2.35. The molecule has 33 heavy (non-hydrogen) atoms. The van der Waals surface area contributed by atoms with Crippen LogP contribution in [0.15, 0.2) is 30.6 Å². The van der Waals surface area contributed by atoms with E-state index in [0.29, 0.717) is 36.2 Å². The Morgan fingerprint density at radius 3 is 2.85 bits per heavy atom. The number of carbonyl (C=O) groups is 2. The second-order valence-corrected chi connectivity index (χ2v) is 7.93. The maximum absolute atomic E-state index is 13.2. The van der Waals surface area contributed by atoms with Crippen LogP contribution in [0.5, 0.6) is 0 Å². The van der Waals surface area contributed by atoms with E-state index in [9.17, 15) is 22.8 Å². The molecule has 3 aromatic heterocycles. The summed E-state index contributed by atoms with van der Waals surface area (Å²) in [4.78, 5) is 44.7. The van der Waals surface area contributed by atoms with Crippen LogP contribution in [0.4, 0.5) is 35.4 Å². The normalized spacial score (nSPS) is 18.2. The molecule has 5 rings (SSSR count). The molecule has 3 amide bonds. The number of carbonyl (C=O) groups excluding carboxylic acids is 2. The van der Waals surface area contributed by atoms with Crippen LogP contribution in [0.1, 0.15) is 23.8 Å². The fourth-order valence-corrected chi connectivity index (χ4v) is 4.01. The van der Waals surface area contributed by atoms with Crippen LogP contribution in [0.25, 0.3) is 11.0 Å². The van der Waals surface area contributed by atoms with Crippen molar-refractivity contribution in [3.8, 4) is 0 Å². The molecular weight excluding hydrogens is 441 g/mol. The molecule has 0 saturated carbocycles. The van der Waals surface area contributed by atoms with Crippen molar-refractivity contribution in [2.24, 2.45) is 0 Å². The topological polar surface area (TPSA) is 119 Å². The molecule has 0 aliphatic carbocycles. The number of urea groups is 1. The minimum absolute atomic E-state index is 0.0991. The summed E-state index contributed by atoms with van der Waals surface area (Å²) in [6, 6.07) is 1.91. The maximum atomic E-state index is 13.2. The highest BCUT2D eigenvalue weighted by atomic mass is 19.4. The van der Waals surface area contributed by atoms with E-state index in [1.54, 1.807) is 24.5 Å². The molecule has 10 nitrogen and oxygen atoms in total. The van der Waals surface area contributed by atoms with E-state index >= 15 is 0 Å². The summed E-state index contributed by atoms with van der Waals surface area (Å²) < 4.78 is 38.5. The van der Waals surface area contributed by atoms with Gasteiger partial charge in [-0.3, -0.25) is 15.0 Å². The van der Waals surface area contributed by atoms with E-state index in [4.69, 9.17) is 0 Å². The van der Waals surface area contributed by atoms with Gasteiger partial charge in [-0.05, 0) is 31.5 Å². The number of pyridine rings is 1. The van der Waals surface area contributed by atoms with E-state index in [1.165, 1.54) is 11.0 Å². The Morgan fingerprint density at radius 2 is 2.06 bits per heavy atom. The van der Waals surface area contributed by atoms with E-state index in [0.717, 1.165) is 6.92 Å². The van der Waals surface area contributed by atoms with Crippen LogP contribution in [-0.2, 0) is 0 Å². The molecule has 172 valence electrons. The van der Waals surface area contributed by atoms with Gasteiger partial charge in [0.15, 0.2) is 5.82 Å². The van der Waals surface area contributed by atoms with Gasteiger partial charge in [0, 0.05) is 19.3 Å². The number of nitrogens with zero attached hydrogens (tertiary/aromatic N) is 5. The number of hydrogen-bond donors (Lipinski definition) is 3. The minimum Gasteiger partial charge on any atom is -0.366 e. The highest BCUT2D eigenvalue weighted by Crippen LogP contribution is 2.39. The summed E-state index contributed by atoms with van der Waals surface area (Å²) in [5, 5.41) is 4.56. The molecule has 13 heteroatoms. The van der Waals surface area contributed by atoms with E-state index in [1.807, 2.05) is 10.2 Å². The minimum atomic E-state index is -4.58. The second-order valence-electron chi connectivity index (χ2n) is 7.93. The number of rotatable bonds is 3. The largest absolute Gasteiger partial charge is 0.408 e. The highest BCUT2D eigenvalue weighted by Gasteiger charge is 2.41. The van der Waals surface area contributed by atoms with Crippen molar-refractivity contribution in [2.75, 3.05) is 28.2 Å². The monoisotopic (exact) mass is 460 g/mol. The van der Waals surface area contributed by atoms with Gasteiger partial charge in [0.05, 0.1) is 29.0 Å². The fraction of sp³-hybridized carbons (Fsp3) is 0.350. The van der Waals surface area contributed by atoms with Crippen LogP contribution in [0.2, 0.25) is 0 Å². The Kier molecular flexibility index (Phi) is 4.83. The molecule has 5 heterocycles. The first-order chi connectivity index (χ1) is 15.7. The molecule has 3 N–H and O–H groups in total. The summed E-state index contributed by atoms with van der Waals surface area (Å²) >= 11 is 0. The molecule has 2 aliphatic heterocycles. The summed E-state index contributed by atoms with van der Waals surface area (Å²) in [6.07, 6.45) is -0.660. The number of anilines is 3. The molecule has 1 saturated heterocycles. The Bertz CT molecular complexity index is 1240. The molecule has 0 spiro atoms. The molecule has 3 aromatic rings. The Hall–Kier alpha value is -3.90. The first-order valence-corrected chi connectivity index (χ1v) is 10.2. The summed E-state index contributed by atoms with van der Waals surface area (Å²) in [5.41, 5.74) is 1.76. The molecule has 1 fully saturated rings. The van der Waals surface area contributed by atoms with Crippen molar-refractivity contribution in [1.29, 1.82) is 0 Å². The van der Waals surface area contributed by atoms with Gasteiger partial charge < -0.3 is 15.2 Å².